The highest BCUT2D eigenvalue weighted by Gasteiger charge is 2.11. The molecule has 2 aromatic carbocycles. The average Bonchev–Trinajstić information content (AvgIpc) is 2.48. The van der Waals surface area contributed by atoms with Crippen molar-refractivity contribution in [3.63, 3.8) is 0 Å². The second-order valence-corrected chi connectivity index (χ2v) is 4.29. The van der Waals surface area contributed by atoms with Gasteiger partial charge >= 0.3 is 0 Å². The summed E-state index contributed by atoms with van der Waals surface area (Å²) in [5.74, 6) is 0.201. The Balaban J connectivity index is 2.30. The molecule has 0 atom stereocenters. The van der Waals surface area contributed by atoms with Crippen molar-refractivity contribution < 1.29 is 14.3 Å². The molecule has 2 rings (SSSR count). The van der Waals surface area contributed by atoms with Gasteiger partial charge in [0, 0.05) is 11.1 Å². The van der Waals surface area contributed by atoms with Crippen molar-refractivity contribution in [2.24, 2.45) is 0 Å². The number of hydrogen-bond acceptors (Lipinski definition) is 3. The normalized spacial score (nSPS) is 9.90. The fourth-order valence-electron chi connectivity index (χ4n) is 1.81. The van der Waals surface area contributed by atoms with E-state index in [-0.39, 0.29) is 11.7 Å². The number of nitrogens with one attached hydrogen (secondary N) is 1. The van der Waals surface area contributed by atoms with Crippen LogP contribution in [0.25, 0.3) is 0 Å². The van der Waals surface area contributed by atoms with Crippen LogP contribution in [0.3, 0.4) is 0 Å². The summed E-state index contributed by atoms with van der Waals surface area (Å²) in [5, 5.41) is 2.76. The molecular formula is C16H15NO3. The number of anilines is 1. The van der Waals surface area contributed by atoms with Crippen LogP contribution in [0.4, 0.5) is 5.69 Å². The van der Waals surface area contributed by atoms with Crippen LogP contribution in [-0.4, -0.2) is 18.8 Å². The van der Waals surface area contributed by atoms with Gasteiger partial charge in [0.1, 0.15) is 5.75 Å². The molecule has 4 nitrogen and oxygen atoms in total. The molecule has 2 aromatic rings. The molecule has 0 bridgehead atoms. The summed E-state index contributed by atoms with van der Waals surface area (Å²) in [6, 6.07) is 13.8. The van der Waals surface area contributed by atoms with Crippen molar-refractivity contribution in [3.05, 3.63) is 59.7 Å². The Morgan fingerprint density at radius 1 is 1.00 bits per heavy atom. The number of benzene rings is 2. The van der Waals surface area contributed by atoms with E-state index < -0.39 is 0 Å². The predicted molar refractivity (Wildman–Crippen MR) is 77.4 cm³/mol. The summed E-state index contributed by atoms with van der Waals surface area (Å²) in [7, 11) is 1.51. The second kappa shape index (κ2) is 6.02. The summed E-state index contributed by atoms with van der Waals surface area (Å²) >= 11 is 0. The first kappa shape index (κ1) is 13.8. The molecule has 20 heavy (non-hydrogen) atoms. The fraction of sp³-hybridized carbons (Fsp3) is 0.125. The second-order valence-electron chi connectivity index (χ2n) is 4.29. The lowest BCUT2D eigenvalue weighted by Crippen LogP contribution is -2.13. The van der Waals surface area contributed by atoms with Gasteiger partial charge in [-0.3, -0.25) is 9.59 Å². The minimum absolute atomic E-state index is 0.0668. The predicted octanol–water partition coefficient (Wildman–Crippen LogP) is 3.15. The summed E-state index contributed by atoms with van der Waals surface area (Å²) < 4.78 is 5.19. The number of ether oxygens (including phenoxy) is 1. The topological polar surface area (TPSA) is 55.4 Å². The molecule has 0 spiro atoms. The van der Waals surface area contributed by atoms with E-state index in [1.807, 2.05) is 6.07 Å². The van der Waals surface area contributed by atoms with Gasteiger partial charge < -0.3 is 10.1 Å². The Kier molecular flexibility index (Phi) is 4.15. The van der Waals surface area contributed by atoms with Crippen LogP contribution >= 0.6 is 0 Å². The van der Waals surface area contributed by atoms with Crippen molar-refractivity contribution in [2.45, 2.75) is 6.92 Å². The summed E-state index contributed by atoms with van der Waals surface area (Å²) in [5.41, 5.74) is 1.55. The van der Waals surface area contributed by atoms with Gasteiger partial charge in [-0.15, -0.1) is 0 Å². The van der Waals surface area contributed by atoms with Gasteiger partial charge in [-0.2, -0.15) is 0 Å². The number of amides is 1. The molecule has 1 amide bonds. The quantitative estimate of drug-likeness (QED) is 0.867. The van der Waals surface area contributed by atoms with E-state index in [1.54, 1.807) is 42.5 Å². The molecule has 0 radical (unpaired) electrons. The summed E-state index contributed by atoms with van der Waals surface area (Å²) in [6.45, 7) is 1.48. The highest BCUT2D eigenvalue weighted by Crippen LogP contribution is 2.26. The third-order valence-corrected chi connectivity index (χ3v) is 2.89. The molecule has 102 valence electrons. The zero-order chi connectivity index (χ0) is 14.5. The Labute approximate surface area is 117 Å². The SMILES string of the molecule is COc1ccc(C(C)=O)cc1NC(=O)c1ccccc1. The molecule has 0 fully saturated rings. The molecule has 4 heteroatoms. The van der Waals surface area contributed by atoms with Crippen LogP contribution < -0.4 is 10.1 Å². The molecule has 0 aliphatic carbocycles. The van der Waals surface area contributed by atoms with E-state index in [2.05, 4.69) is 5.32 Å². The fourth-order valence-corrected chi connectivity index (χ4v) is 1.81. The molecule has 0 aromatic heterocycles. The molecule has 0 saturated carbocycles. The highest BCUT2D eigenvalue weighted by atomic mass is 16.5. The van der Waals surface area contributed by atoms with Gasteiger partial charge in [-0.05, 0) is 37.3 Å². The first-order valence-electron chi connectivity index (χ1n) is 6.17. The van der Waals surface area contributed by atoms with Crippen LogP contribution in [0.5, 0.6) is 5.75 Å². The van der Waals surface area contributed by atoms with Gasteiger partial charge in [0.05, 0.1) is 12.8 Å². The number of methoxy groups -OCH3 is 1. The Morgan fingerprint density at radius 2 is 1.70 bits per heavy atom. The molecule has 0 saturated heterocycles. The van der Waals surface area contributed by atoms with Crippen LogP contribution in [0.15, 0.2) is 48.5 Å². The van der Waals surface area contributed by atoms with Gasteiger partial charge in [-0.1, -0.05) is 18.2 Å². The van der Waals surface area contributed by atoms with Crippen LogP contribution in [0.2, 0.25) is 0 Å². The zero-order valence-corrected chi connectivity index (χ0v) is 11.3. The molecule has 1 N–H and O–H groups in total. The number of carbonyl (C=O) groups is 2. The van der Waals surface area contributed by atoms with Gasteiger partial charge in [0.25, 0.3) is 5.91 Å². The summed E-state index contributed by atoms with van der Waals surface area (Å²) in [6.07, 6.45) is 0. The zero-order valence-electron chi connectivity index (χ0n) is 11.3. The lowest BCUT2D eigenvalue weighted by Gasteiger charge is -2.11. The summed E-state index contributed by atoms with van der Waals surface area (Å²) in [4.78, 5) is 23.5. The third-order valence-electron chi connectivity index (χ3n) is 2.89. The van der Waals surface area contributed by atoms with E-state index in [4.69, 9.17) is 4.74 Å². The molecule has 0 heterocycles. The van der Waals surface area contributed by atoms with Gasteiger partial charge in [-0.25, -0.2) is 0 Å². The molecular weight excluding hydrogens is 254 g/mol. The van der Waals surface area contributed by atoms with E-state index in [1.165, 1.54) is 14.0 Å². The molecule has 0 aliphatic heterocycles. The minimum Gasteiger partial charge on any atom is -0.495 e. The third kappa shape index (κ3) is 3.03. The van der Waals surface area contributed by atoms with Gasteiger partial charge in [0.15, 0.2) is 5.78 Å². The Hall–Kier alpha value is -2.62. The van der Waals surface area contributed by atoms with E-state index in [0.717, 1.165) is 0 Å². The number of hydrogen-bond donors (Lipinski definition) is 1. The maximum absolute atomic E-state index is 12.1. The van der Waals surface area contributed by atoms with Crippen molar-refractivity contribution in [3.8, 4) is 5.75 Å². The van der Waals surface area contributed by atoms with E-state index in [9.17, 15) is 9.59 Å². The smallest absolute Gasteiger partial charge is 0.255 e. The Morgan fingerprint density at radius 3 is 2.30 bits per heavy atom. The number of ketones is 1. The lowest BCUT2D eigenvalue weighted by molar-refractivity contribution is 0.101. The number of Topliss-reactive ketones (excluding diaryl/α,β-unsaturated/α-hetero) is 1. The number of rotatable bonds is 4. The van der Waals surface area contributed by atoms with Gasteiger partial charge in [0.2, 0.25) is 0 Å². The van der Waals surface area contributed by atoms with Crippen LogP contribution in [-0.2, 0) is 0 Å². The molecule has 0 aliphatic rings. The first-order chi connectivity index (χ1) is 9.61. The first-order valence-corrected chi connectivity index (χ1v) is 6.17. The maximum atomic E-state index is 12.1. The van der Waals surface area contributed by atoms with E-state index in [0.29, 0.717) is 22.6 Å². The molecule has 0 unspecified atom stereocenters. The monoisotopic (exact) mass is 269 g/mol. The average molecular weight is 269 g/mol. The van der Waals surface area contributed by atoms with Crippen LogP contribution in [0.1, 0.15) is 27.6 Å². The van der Waals surface area contributed by atoms with Crippen molar-refractivity contribution in [1.82, 2.24) is 0 Å². The minimum atomic E-state index is -0.246. The number of carbonyl (C=O) groups excluding carboxylic acids is 2. The Bertz CT molecular complexity index is 635. The van der Waals surface area contributed by atoms with Crippen molar-refractivity contribution in [2.75, 3.05) is 12.4 Å². The standard InChI is InChI=1S/C16H15NO3/c1-11(18)13-8-9-15(20-2)14(10-13)17-16(19)12-6-4-3-5-7-12/h3-10H,1-2H3,(H,17,19). The maximum Gasteiger partial charge on any atom is 0.255 e. The van der Waals surface area contributed by atoms with Crippen molar-refractivity contribution >= 4 is 17.4 Å². The largest absolute Gasteiger partial charge is 0.495 e. The van der Waals surface area contributed by atoms with E-state index >= 15 is 0 Å². The van der Waals surface area contributed by atoms with Crippen molar-refractivity contribution in [1.29, 1.82) is 0 Å². The highest BCUT2D eigenvalue weighted by molar-refractivity contribution is 6.06. The van der Waals surface area contributed by atoms with Crippen LogP contribution in [0, 0.1) is 0 Å². The lowest BCUT2D eigenvalue weighted by atomic mass is 10.1.